The van der Waals surface area contributed by atoms with Crippen LogP contribution >= 0.6 is 15.9 Å². The summed E-state index contributed by atoms with van der Waals surface area (Å²) in [6, 6.07) is 0. The quantitative estimate of drug-likeness (QED) is 0.528. The highest BCUT2D eigenvalue weighted by molar-refractivity contribution is 9.09. The fourth-order valence-corrected chi connectivity index (χ4v) is 1.24. The average molecular weight is 187 g/mol. The maximum absolute atomic E-state index is 10.8. The first kappa shape index (κ1) is 6.75. The highest BCUT2D eigenvalue weighted by atomic mass is 79.9. The lowest BCUT2D eigenvalue weighted by Crippen LogP contribution is -2.04. The first-order valence-corrected chi connectivity index (χ1v) is 3.67. The molecule has 0 aromatic carbocycles. The molecule has 1 atom stereocenters. The van der Waals surface area contributed by atoms with E-state index in [-0.39, 0.29) is 10.6 Å². The molecule has 0 amide bonds. The maximum Gasteiger partial charge on any atom is 0.180 e. The molecule has 0 heterocycles. The third-order valence-electron chi connectivity index (χ3n) is 1.23. The van der Waals surface area contributed by atoms with Crippen molar-refractivity contribution in [2.75, 3.05) is 0 Å². The normalized spacial score (nSPS) is 26.2. The number of hydrogen-bond acceptors (Lipinski definition) is 1. The van der Waals surface area contributed by atoms with Crippen molar-refractivity contribution in [1.82, 2.24) is 0 Å². The van der Waals surface area contributed by atoms with Gasteiger partial charge in [-0.2, -0.15) is 0 Å². The second kappa shape index (κ2) is 2.48. The Balaban J connectivity index is 2.82. The van der Waals surface area contributed by atoms with E-state index in [2.05, 4.69) is 15.9 Å². The molecule has 48 valence electrons. The SMILES string of the molecule is CC1=CC(Br)C=CC1=O. The van der Waals surface area contributed by atoms with Crippen LogP contribution in [0.25, 0.3) is 0 Å². The Morgan fingerprint density at radius 1 is 1.67 bits per heavy atom. The molecule has 0 fully saturated rings. The summed E-state index contributed by atoms with van der Waals surface area (Å²) in [7, 11) is 0. The smallest absolute Gasteiger partial charge is 0.180 e. The Morgan fingerprint density at radius 2 is 2.33 bits per heavy atom. The van der Waals surface area contributed by atoms with E-state index in [9.17, 15) is 4.79 Å². The van der Waals surface area contributed by atoms with Gasteiger partial charge in [0.1, 0.15) is 0 Å². The highest BCUT2D eigenvalue weighted by Gasteiger charge is 2.07. The molecule has 0 aliphatic heterocycles. The van der Waals surface area contributed by atoms with Gasteiger partial charge in [-0.15, -0.1) is 0 Å². The summed E-state index contributed by atoms with van der Waals surface area (Å²) in [5.74, 6) is 0.116. The lowest BCUT2D eigenvalue weighted by Gasteiger charge is -2.04. The van der Waals surface area contributed by atoms with Crippen LogP contribution in [-0.2, 0) is 4.79 Å². The number of rotatable bonds is 0. The minimum absolute atomic E-state index is 0.116. The first-order valence-electron chi connectivity index (χ1n) is 2.75. The Bertz CT molecular complexity index is 191. The number of carbonyl (C=O) groups excluding carboxylic acids is 1. The van der Waals surface area contributed by atoms with Gasteiger partial charge in [-0.1, -0.05) is 28.1 Å². The molecule has 1 nitrogen and oxygen atoms in total. The van der Waals surface area contributed by atoms with E-state index in [1.54, 1.807) is 6.08 Å². The van der Waals surface area contributed by atoms with E-state index in [1.807, 2.05) is 19.1 Å². The monoisotopic (exact) mass is 186 g/mol. The van der Waals surface area contributed by atoms with Crippen molar-refractivity contribution in [3.63, 3.8) is 0 Å². The molecule has 0 N–H and O–H groups in total. The zero-order chi connectivity index (χ0) is 6.85. The van der Waals surface area contributed by atoms with Gasteiger partial charge in [0.15, 0.2) is 5.78 Å². The summed E-state index contributed by atoms with van der Waals surface area (Å²) in [4.78, 5) is 11.0. The van der Waals surface area contributed by atoms with Crippen LogP contribution in [0.1, 0.15) is 6.92 Å². The predicted molar refractivity (Wildman–Crippen MR) is 40.6 cm³/mol. The number of alkyl halides is 1. The molecule has 0 aromatic heterocycles. The van der Waals surface area contributed by atoms with Gasteiger partial charge < -0.3 is 0 Å². The minimum atomic E-state index is 0.116. The third-order valence-corrected chi connectivity index (χ3v) is 1.80. The summed E-state index contributed by atoms with van der Waals surface area (Å²) in [6.45, 7) is 1.82. The number of ketones is 1. The molecular weight excluding hydrogens is 180 g/mol. The van der Waals surface area contributed by atoms with E-state index in [0.29, 0.717) is 0 Å². The van der Waals surface area contributed by atoms with E-state index < -0.39 is 0 Å². The number of carbonyl (C=O) groups is 1. The second-order valence-electron chi connectivity index (χ2n) is 2.02. The molecule has 1 aliphatic carbocycles. The molecule has 0 saturated carbocycles. The molecule has 0 bridgehead atoms. The largest absolute Gasteiger partial charge is 0.290 e. The first-order chi connectivity index (χ1) is 4.20. The van der Waals surface area contributed by atoms with E-state index >= 15 is 0 Å². The van der Waals surface area contributed by atoms with Gasteiger partial charge in [0.25, 0.3) is 0 Å². The standard InChI is InChI=1S/C7H7BrO/c1-5-4-6(8)2-3-7(5)9/h2-4,6H,1H3. The van der Waals surface area contributed by atoms with Gasteiger partial charge in [-0.3, -0.25) is 4.79 Å². The van der Waals surface area contributed by atoms with E-state index in [1.165, 1.54) is 0 Å². The van der Waals surface area contributed by atoms with Gasteiger partial charge in [0.05, 0.1) is 4.83 Å². The van der Waals surface area contributed by atoms with Crippen LogP contribution in [0.3, 0.4) is 0 Å². The summed E-state index contributed by atoms with van der Waals surface area (Å²) in [5, 5.41) is 0. The van der Waals surface area contributed by atoms with Crippen LogP contribution in [0.2, 0.25) is 0 Å². The fourth-order valence-electron chi connectivity index (χ4n) is 0.687. The number of halogens is 1. The Kier molecular flexibility index (Phi) is 1.86. The molecule has 2 heteroatoms. The van der Waals surface area contributed by atoms with Gasteiger partial charge in [0, 0.05) is 0 Å². The van der Waals surface area contributed by atoms with E-state index in [0.717, 1.165) is 5.57 Å². The lowest BCUT2D eigenvalue weighted by atomic mass is 10.1. The van der Waals surface area contributed by atoms with Crippen molar-refractivity contribution in [2.24, 2.45) is 0 Å². The van der Waals surface area contributed by atoms with Gasteiger partial charge >= 0.3 is 0 Å². The summed E-state index contributed by atoms with van der Waals surface area (Å²) < 4.78 is 0. The van der Waals surface area contributed by atoms with Crippen LogP contribution in [0, 0.1) is 0 Å². The zero-order valence-electron chi connectivity index (χ0n) is 5.10. The molecular formula is C7H7BrO. The highest BCUT2D eigenvalue weighted by Crippen LogP contribution is 2.13. The van der Waals surface area contributed by atoms with Gasteiger partial charge in [0.2, 0.25) is 0 Å². The molecule has 0 spiro atoms. The van der Waals surface area contributed by atoms with Crippen molar-refractivity contribution < 1.29 is 4.79 Å². The second-order valence-corrected chi connectivity index (χ2v) is 3.07. The van der Waals surface area contributed by atoms with Crippen LogP contribution in [-0.4, -0.2) is 10.6 Å². The maximum atomic E-state index is 10.8. The minimum Gasteiger partial charge on any atom is -0.290 e. The third kappa shape index (κ3) is 1.52. The Labute approximate surface area is 62.6 Å². The van der Waals surface area contributed by atoms with Crippen molar-refractivity contribution >= 4 is 21.7 Å². The predicted octanol–water partition coefficient (Wildman–Crippen LogP) is 1.84. The molecule has 0 saturated heterocycles. The Morgan fingerprint density at radius 3 is 2.78 bits per heavy atom. The van der Waals surface area contributed by atoms with Crippen molar-refractivity contribution in [2.45, 2.75) is 11.8 Å². The van der Waals surface area contributed by atoms with Crippen molar-refractivity contribution in [1.29, 1.82) is 0 Å². The van der Waals surface area contributed by atoms with Crippen LogP contribution in [0.5, 0.6) is 0 Å². The topological polar surface area (TPSA) is 17.1 Å². The summed E-state index contributed by atoms with van der Waals surface area (Å²) in [6.07, 6.45) is 5.31. The number of hydrogen-bond donors (Lipinski definition) is 0. The van der Waals surface area contributed by atoms with Gasteiger partial charge in [-0.05, 0) is 18.6 Å². The zero-order valence-corrected chi connectivity index (χ0v) is 6.68. The average Bonchev–Trinajstić information content (AvgIpc) is 1.80. The Hall–Kier alpha value is -0.370. The van der Waals surface area contributed by atoms with E-state index in [4.69, 9.17) is 0 Å². The van der Waals surface area contributed by atoms with Crippen molar-refractivity contribution in [3.8, 4) is 0 Å². The molecule has 1 unspecified atom stereocenters. The molecule has 0 radical (unpaired) electrons. The fraction of sp³-hybridized carbons (Fsp3) is 0.286. The number of allylic oxidation sites excluding steroid dienone is 4. The molecule has 1 rings (SSSR count). The molecule has 1 aliphatic rings. The van der Waals surface area contributed by atoms with Crippen LogP contribution < -0.4 is 0 Å². The summed E-state index contributed by atoms with van der Waals surface area (Å²) >= 11 is 3.34. The van der Waals surface area contributed by atoms with Crippen LogP contribution in [0.15, 0.2) is 23.8 Å². The molecule has 0 aromatic rings. The lowest BCUT2D eigenvalue weighted by molar-refractivity contribution is -0.111. The van der Waals surface area contributed by atoms with Crippen LogP contribution in [0.4, 0.5) is 0 Å². The molecule has 9 heavy (non-hydrogen) atoms. The van der Waals surface area contributed by atoms with Gasteiger partial charge in [-0.25, -0.2) is 0 Å². The van der Waals surface area contributed by atoms with Crippen molar-refractivity contribution in [3.05, 3.63) is 23.8 Å². The summed E-state index contributed by atoms with van der Waals surface area (Å²) in [5.41, 5.74) is 0.819.